The Bertz CT molecular complexity index is 584. The number of pyridine rings is 1. The Kier molecular flexibility index (Phi) is 4.27. The van der Waals surface area contributed by atoms with Gasteiger partial charge in [-0.15, -0.1) is 0 Å². The Balaban J connectivity index is 2.18. The molecule has 1 heterocycles. The number of carbonyl (C=O) groups is 1. The second kappa shape index (κ2) is 5.74. The van der Waals surface area contributed by atoms with Gasteiger partial charge in [-0.25, -0.2) is 0 Å². The molecule has 0 aliphatic carbocycles. The summed E-state index contributed by atoms with van der Waals surface area (Å²) in [4.78, 5) is 17.1. The zero-order valence-corrected chi connectivity index (χ0v) is 11.8. The number of halogens is 2. The van der Waals surface area contributed by atoms with Crippen LogP contribution in [0.3, 0.4) is 0 Å². The van der Waals surface area contributed by atoms with E-state index in [1.54, 1.807) is 24.4 Å². The highest BCUT2D eigenvalue weighted by Gasteiger charge is 2.04. The van der Waals surface area contributed by atoms with E-state index in [1.165, 1.54) is 18.7 Å². The molecule has 2 rings (SSSR count). The molecule has 18 heavy (non-hydrogen) atoms. The van der Waals surface area contributed by atoms with E-state index in [2.05, 4.69) is 4.98 Å². The largest absolute Gasteiger partial charge is 0.293 e. The van der Waals surface area contributed by atoms with Crippen LogP contribution in [0.1, 0.15) is 17.4 Å². The van der Waals surface area contributed by atoms with Gasteiger partial charge in [0.05, 0.1) is 10.0 Å². The van der Waals surface area contributed by atoms with Crippen LogP contribution < -0.4 is 0 Å². The van der Waals surface area contributed by atoms with E-state index in [-0.39, 0.29) is 5.78 Å². The maximum absolute atomic E-state index is 11.1. The third-order valence-corrected chi connectivity index (χ3v) is 3.93. The van der Waals surface area contributed by atoms with Crippen molar-refractivity contribution >= 4 is 40.7 Å². The maximum atomic E-state index is 11.1. The van der Waals surface area contributed by atoms with Crippen molar-refractivity contribution in [3.05, 3.63) is 52.3 Å². The number of Topliss-reactive ketones (excluding diaryl/α,β-unsaturated/α-hetero) is 1. The fraction of sp³-hybridized carbons (Fsp3) is 0.0769. The van der Waals surface area contributed by atoms with E-state index >= 15 is 0 Å². The van der Waals surface area contributed by atoms with Gasteiger partial charge in [0.2, 0.25) is 0 Å². The molecule has 0 saturated heterocycles. The van der Waals surface area contributed by atoms with Crippen molar-refractivity contribution in [3.63, 3.8) is 0 Å². The van der Waals surface area contributed by atoms with Gasteiger partial charge in [-0.1, -0.05) is 35.0 Å². The monoisotopic (exact) mass is 297 g/mol. The number of benzene rings is 1. The summed E-state index contributed by atoms with van der Waals surface area (Å²) in [6, 6.07) is 9.01. The Morgan fingerprint density at radius 3 is 2.39 bits per heavy atom. The normalized spacial score (nSPS) is 10.4. The van der Waals surface area contributed by atoms with E-state index in [0.29, 0.717) is 15.7 Å². The average Bonchev–Trinajstić information content (AvgIpc) is 2.34. The molecule has 0 spiro atoms. The minimum absolute atomic E-state index is 0.0407. The fourth-order valence-electron chi connectivity index (χ4n) is 1.33. The molecule has 0 aliphatic heterocycles. The summed E-state index contributed by atoms with van der Waals surface area (Å²) in [5.74, 6) is -0.0407. The van der Waals surface area contributed by atoms with Crippen LogP contribution in [0, 0.1) is 0 Å². The number of aromatic nitrogens is 1. The zero-order valence-electron chi connectivity index (χ0n) is 9.48. The highest BCUT2D eigenvalue weighted by molar-refractivity contribution is 7.99. The molecule has 0 aliphatic rings. The van der Waals surface area contributed by atoms with Crippen LogP contribution in [-0.4, -0.2) is 10.8 Å². The van der Waals surface area contributed by atoms with Crippen molar-refractivity contribution < 1.29 is 4.79 Å². The molecule has 0 fully saturated rings. The molecule has 0 unspecified atom stereocenters. The third-order valence-electron chi connectivity index (χ3n) is 2.22. The summed E-state index contributed by atoms with van der Waals surface area (Å²) in [5, 5.41) is 1.06. The van der Waals surface area contributed by atoms with Gasteiger partial charge in [0.1, 0.15) is 5.69 Å². The lowest BCUT2D eigenvalue weighted by atomic mass is 10.3. The van der Waals surface area contributed by atoms with Crippen molar-refractivity contribution in [2.45, 2.75) is 16.7 Å². The summed E-state index contributed by atoms with van der Waals surface area (Å²) < 4.78 is 0. The van der Waals surface area contributed by atoms with Gasteiger partial charge < -0.3 is 0 Å². The van der Waals surface area contributed by atoms with Gasteiger partial charge in [0.25, 0.3) is 0 Å². The molecular weight excluding hydrogens is 289 g/mol. The molecule has 0 N–H and O–H groups in total. The van der Waals surface area contributed by atoms with E-state index < -0.39 is 0 Å². The molecule has 92 valence electrons. The van der Waals surface area contributed by atoms with Crippen LogP contribution in [-0.2, 0) is 0 Å². The van der Waals surface area contributed by atoms with Crippen LogP contribution in [0.4, 0.5) is 0 Å². The summed E-state index contributed by atoms with van der Waals surface area (Å²) >= 11 is 13.3. The summed E-state index contributed by atoms with van der Waals surface area (Å²) in [6.07, 6.45) is 1.67. The maximum Gasteiger partial charge on any atom is 0.178 e. The minimum atomic E-state index is -0.0407. The fourth-order valence-corrected chi connectivity index (χ4v) is 2.51. The van der Waals surface area contributed by atoms with Gasteiger partial charge in [0.15, 0.2) is 5.78 Å². The highest BCUT2D eigenvalue weighted by atomic mass is 35.5. The topological polar surface area (TPSA) is 30.0 Å². The predicted molar refractivity (Wildman–Crippen MR) is 74.8 cm³/mol. The molecule has 2 aromatic rings. The molecule has 0 saturated carbocycles. The molecule has 0 radical (unpaired) electrons. The Hall–Kier alpha value is -1.03. The molecule has 1 aromatic heterocycles. The Labute approximate surface area is 119 Å². The van der Waals surface area contributed by atoms with Gasteiger partial charge in [0, 0.05) is 22.9 Å². The standard InChI is InChI=1S/C13H9Cl2NOS/c1-8(17)13-5-3-10(7-16-13)18-9-2-4-11(14)12(15)6-9/h2-7H,1H3. The molecule has 0 atom stereocenters. The van der Waals surface area contributed by atoms with Crippen LogP contribution in [0.15, 0.2) is 46.3 Å². The smallest absolute Gasteiger partial charge is 0.178 e. The summed E-state index contributed by atoms with van der Waals surface area (Å²) in [5.41, 5.74) is 0.466. The quantitative estimate of drug-likeness (QED) is 0.766. The third kappa shape index (κ3) is 3.25. The SMILES string of the molecule is CC(=O)c1ccc(Sc2ccc(Cl)c(Cl)c2)cn1. The van der Waals surface area contributed by atoms with Gasteiger partial charge >= 0.3 is 0 Å². The number of rotatable bonds is 3. The van der Waals surface area contributed by atoms with E-state index in [0.717, 1.165) is 9.79 Å². The lowest BCUT2D eigenvalue weighted by molar-refractivity contribution is 0.101. The lowest BCUT2D eigenvalue weighted by Crippen LogP contribution is -1.95. The first-order chi connectivity index (χ1) is 8.56. The molecule has 0 amide bonds. The van der Waals surface area contributed by atoms with Crippen molar-refractivity contribution in [3.8, 4) is 0 Å². The van der Waals surface area contributed by atoms with Crippen LogP contribution >= 0.6 is 35.0 Å². The first-order valence-electron chi connectivity index (χ1n) is 5.16. The van der Waals surface area contributed by atoms with E-state index in [9.17, 15) is 4.79 Å². The van der Waals surface area contributed by atoms with Crippen molar-refractivity contribution in [1.29, 1.82) is 0 Å². The Morgan fingerprint density at radius 1 is 1.11 bits per heavy atom. The van der Waals surface area contributed by atoms with Crippen molar-refractivity contribution in [2.24, 2.45) is 0 Å². The van der Waals surface area contributed by atoms with Crippen LogP contribution in [0.5, 0.6) is 0 Å². The second-order valence-electron chi connectivity index (χ2n) is 3.61. The molecular formula is C13H9Cl2NOS. The first kappa shape index (κ1) is 13.4. The number of hydrogen-bond acceptors (Lipinski definition) is 3. The Morgan fingerprint density at radius 2 is 1.83 bits per heavy atom. The molecule has 5 heteroatoms. The van der Waals surface area contributed by atoms with Crippen LogP contribution in [0.2, 0.25) is 10.0 Å². The average molecular weight is 298 g/mol. The summed E-state index contributed by atoms with van der Waals surface area (Å²) in [7, 11) is 0. The number of hydrogen-bond donors (Lipinski definition) is 0. The van der Waals surface area contributed by atoms with Crippen LogP contribution in [0.25, 0.3) is 0 Å². The first-order valence-corrected chi connectivity index (χ1v) is 6.73. The second-order valence-corrected chi connectivity index (χ2v) is 5.57. The molecule has 0 bridgehead atoms. The zero-order chi connectivity index (χ0) is 13.1. The molecule has 2 nitrogen and oxygen atoms in total. The number of carbonyl (C=O) groups excluding carboxylic acids is 1. The predicted octanol–water partition coefficient (Wildman–Crippen LogP) is 4.74. The van der Waals surface area contributed by atoms with E-state index in [1.807, 2.05) is 12.1 Å². The van der Waals surface area contributed by atoms with Gasteiger partial charge in [-0.3, -0.25) is 9.78 Å². The highest BCUT2D eigenvalue weighted by Crippen LogP contribution is 2.32. The van der Waals surface area contributed by atoms with E-state index in [4.69, 9.17) is 23.2 Å². The summed E-state index contributed by atoms with van der Waals surface area (Å²) in [6.45, 7) is 1.49. The van der Waals surface area contributed by atoms with Crippen molar-refractivity contribution in [1.82, 2.24) is 4.98 Å². The molecule has 1 aromatic carbocycles. The van der Waals surface area contributed by atoms with Crippen molar-refractivity contribution in [2.75, 3.05) is 0 Å². The van der Waals surface area contributed by atoms with Gasteiger partial charge in [-0.05, 0) is 30.3 Å². The number of ketones is 1. The lowest BCUT2D eigenvalue weighted by Gasteiger charge is -2.03. The number of nitrogens with zero attached hydrogens (tertiary/aromatic N) is 1. The van der Waals surface area contributed by atoms with Gasteiger partial charge in [-0.2, -0.15) is 0 Å². The minimum Gasteiger partial charge on any atom is -0.293 e.